The first-order valence-electron chi connectivity index (χ1n) is 9.91. The molecule has 1 unspecified atom stereocenters. The smallest absolute Gasteiger partial charge is 0.261 e. The molecule has 2 aromatic rings. The van der Waals surface area contributed by atoms with E-state index in [2.05, 4.69) is 6.92 Å². The minimum absolute atomic E-state index is 0.0574. The van der Waals surface area contributed by atoms with Gasteiger partial charge in [0.2, 0.25) is 0 Å². The van der Waals surface area contributed by atoms with E-state index in [0.29, 0.717) is 29.7 Å². The summed E-state index contributed by atoms with van der Waals surface area (Å²) in [6.07, 6.45) is 3.76. The number of likely N-dealkylation sites (tertiary alicyclic amines) is 1. The van der Waals surface area contributed by atoms with Gasteiger partial charge in [-0.25, -0.2) is 0 Å². The average Bonchev–Trinajstić information content (AvgIpc) is 2.96. The number of rotatable bonds is 4. The maximum absolute atomic E-state index is 12.9. The predicted octanol–water partition coefficient (Wildman–Crippen LogP) is 3.54. The Labute approximate surface area is 164 Å². The van der Waals surface area contributed by atoms with Crippen LogP contribution in [0.3, 0.4) is 0 Å². The van der Waals surface area contributed by atoms with Gasteiger partial charge in [0, 0.05) is 24.7 Å². The Balaban J connectivity index is 1.53. The highest BCUT2D eigenvalue weighted by Gasteiger charge is 2.36. The largest absolute Gasteiger partial charge is 0.336 e. The molecule has 0 bridgehead atoms. The molecule has 0 N–H and O–H groups in total. The van der Waals surface area contributed by atoms with Gasteiger partial charge in [0.1, 0.15) is 0 Å². The van der Waals surface area contributed by atoms with Crippen LogP contribution in [0.25, 0.3) is 0 Å². The first-order valence-corrected chi connectivity index (χ1v) is 9.91. The fourth-order valence-corrected chi connectivity index (χ4v) is 4.08. The van der Waals surface area contributed by atoms with Crippen molar-refractivity contribution < 1.29 is 14.4 Å². The van der Waals surface area contributed by atoms with Crippen molar-refractivity contribution >= 4 is 17.7 Å². The Morgan fingerprint density at radius 1 is 1.00 bits per heavy atom. The first kappa shape index (κ1) is 18.4. The van der Waals surface area contributed by atoms with E-state index < -0.39 is 0 Å². The molecule has 4 rings (SSSR count). The monoisotopic (exact) mass is 376 g/mol. The van der Waals surface area contributed by atoms with Gasteiger partial charge in [-0.05, 0) is 56.4 Å². The maximum Gasteiger partial charge on any atom is 0.261 e. The van der Waals surface area contributed by atoms with Crippen LogP contribution in [0.15, 0.2) is 48.5 Å². The summed E-state index contributed by atoms with van der Waals surface area (Å²) in [5.41, 5.74) is 2.29. The molecule has 0 aliphatic carbocycles. The van der Waals surface area contributed by atoms with Crippen molar-refractivity contribution in [1.29, 1.82) is 0 Å². The number of imide groups is 1. The summed E-state index contributed by atoms with van der Waals surface area (Å²) < 4.78 is 0. The van der Waals surface area contributed by atoms with E-state index >= 15 is 0 Å². The minimum atomic E-state index is -0.308. The van der Waals surface area contributed by atoms with E-state index in [1.54, 1.807) is 18.2 Å². The molecule has 2 aliphatic rings. The van der Waals surface area contributed by atoms with Crippen LogP contribution in [0.5, 0.6) is 0 Å². The third-order valence-electron chi connectivity index (χ3n) is 5.75. The number of carbonyl (C=O) groups is 3. The van der Waals surface area contributed by atoms with Crippen LogP contribution in [0.1, 0.15) is 62.8 Å². The van der Waals surface area contributed by atoms with Crippen molar-refractivity contribution in [2.75, 3.05) is 13.1 Å². The lowest BCUT2D eigenvalue weighted by atomic mass is 10.0. The van der Waals surface area contributed by atoms with Gasteiger partial charge in [0.25, 0.3) is 17.7 Å². The summed E-state index contributed by atoms with van der Waals surface area (Å²) in [5.74, 6) is -0.642. The Bertz CT molecular complexity index is 923. The Kier molecular flexibility index (Phi) is 4.99. The fourth-order valence-electron chi connectivity index (χ4n) is 4.08. The summed E-state index contributed by atoms with van der Waals surface area (Å²) in [6.45, 7) is 3.14. The van der Waals surface area contributed by atoms with Gasteiger partial charge in [0.15, 0.2) is 0 Å². The van der Waals surface area contributed by atoms with Crippen molar-refractivity contribution in [3.8, 4) is 0 Å². The number of nitrogens with zero attached hydrogens (tertiary/aromatic N) is 2. The van der Waals surface area contributed by atoms with Gasteiger partial charge in [-0.15, -0.1) is 0 Å². The molecule has 2 aliphatic heterocycles. The van der Waals surface area contributed by atoms with Crippen LogP contribution in [0.4, 0.5) is 0 Å². The standard InChI is InChI=1S/C23H24N2O3/c1-16-7-5-6-13-24(16)21(26)18-10-11-19-20(15-18)23(28)25(22(19)27)14-12-17-8-3-2-4-9-17/h2-4,8-11,15-16H,5-7,12-14H2,1H3. The van der Waals surface area contributed by atoms with Crippen LogP contribution in [0.2, 0.25) is 0 Å². The normalized spacial score (nSPS) is 19.1. The third-order valence-corrected chi connectivity index (χ3v) is 5.75. The van der Waals surface area contributed by atoms with Crippen LogP contribution < -0.4 is 0 Å². The summed E-state index contributed by atoms with van der Waals surface area (Å²) >= 11 is 0. The average molecular weight is 376 g/mol. The summed E-state index contributed by atoms with van der Waals surface area (Å²) in [7, 11) is 0. The van der Waals surface area contributed by atoms with E-state index in [1.807, 2.05) is 35.2 Å². The number of carbonyl (C=O) groups excluding carboxylic acids is 3. The Hall–Kier alpha value is -2.95. The molecule has 0 saturated carbocycles. The molecule has 0 radical (unpaired) electrons. The number of hydrogen-bond acceptors (Lipinski definition) is 3. The number of piperidine rings is 1. The van der Waals surface area contributed by atoms with Gasteiger partial charge < -0.3 is 4.90 Å². The molecule has 144 valence electrons. The Morgan fingerprint density at radius 3 is 2.50 bits per heavy atom. The zero-order valence-electron chi connectivity index (χ0n) is 16.1. The lowest BCUT2D eigenvalue weighted by Gasteiger charge is -2.33. The molecule has 0 spiro atoms. The van der Waals surface area contributed by atoms with Gasteiger partial charge in [-0.3, -0.25) is 19.3 Å². The zero-order chi connectivity index (χ0) is 19.7. The first-order chi connectivity index (χ1) is 13.6. The fraction of sp³-hybridized carbons (Fsp3) is 0.348. The second-order valence-electron chi connectivity index (χ2n) is 7.60. The lowest BCUT2D eigenvalue weighted by molar-refractivity contribution is 0.0633. The van der Waals surface area contributed by atoms with Gasteiger partial charge in [0.05, 0.1) is 11.1 Å². The Morgan fingerprint density at radius 2 is 1.75 bits per heavy atom. The summed E-state index contributed by atoms with van der Waals surface area (Å²) in [4.78, 5) is 41.6. The number of benzene rings is 2. The molecule has 0 aromatic heterocycles. The van der Waals surface area contributed by atoms with E-state index in [9.17, 15) is 14.4 Å². The molecular weight excluding hydrogens is 352 g/mol. The highest BCUT2D eigenvalue weighted by molar-refractivity contribution is 6.22. The number of fused-ring (bicyclic) bond motifs is 1. The van der Waals surface area contributed by atoms with Gasteiger partial charge >= 0.3 is 0 Å². The number of amides is 3. The van der Waals surface area contributed by atoms with Crippen LogP contribution in [-0.2, 0) is 6.42 Å². The molecule has 3 amide bonds. The molecule has 5 nitrogen and oxygen atoms in total. The summed E-state index contributed by atoms with van der Waals surface area (Å²) in [6, 6.07) is 14.9. The van der Waals surface area contributed by atoms with E-state index in [0.717, 1.165) is 31.4 Å². The number of hydrogen-bond donors (Lipinski definition) is 0. The second kappa shape index (κ2) is 7.58. The molecule has 28 heavy (non-hydrogen) atoms. The predicted molar refractivity (Wildman–Crippen MR) is 106 cm³/mol. The maximum atomic E-state index is 12.9. The van der Waals surface area contributed by atoms with Gasteiger partial charge in [-0.1, -0.05) is 30.3 Å². The zero-order valence-corrected chi connectivity index (χ0v) is 16.1. The van der Waals surface area contributed by atoms with Crippen molar-refractivity contribution in [3.05, 3.63) is 70.8 Å². The summed E-state index contributed by atoms with van der Waals surface area (Å²) in [5, 5.41) is 0. The van der Waals surface area contributed by atoms with Crippen molar-refractivity contribution in [2.45, 2.75) is 38.6 Å². The SMILES string of the molecule is CC1CCCCN1C(=O)c1ccc2c(c1)C(=O)N(CCc1ccccc1)C2=O. The van der Waals surface area contributed by atoms with Gasteiger partial charge in [-0.2, -0.15) is 0 Å². The van der Waals surface area contributed by atoms with Crippen LogP contribution >= 0.6 is 0 Å². The quantitative estimate of drug-likeness (QED) is 0.767. The molecule has 5 heteroatoms. The highest BCUT2D eigenvalue weighted by Crippen LogP contribution is 2.26. The lowest BCUT2D eigenvalue weighted by Crippen LogP contribution is -2.42. The van der Waals surface area contributed by atoms with Crippen molar-refractivity contribution in [1.82, 2.24) is 9.80 Å². The van der Waals surface area contributed by atoms with Crippen molar-refractivity contribution in [3.63, 3.8) is 0 Å². The molecule has 2 aromatic carbocycles. The molecule has 1 fully saturated rings. The highest BCUT2D eigenvalue weighted by atomic mass is 16.2. The third kappa shape index (κ3) is 3.33. The second-order valence-corrected chi connectivity index (χ2v) is 7.60. The molecular formula is C23H24N2O3. The van der Waals surface area contributed by atoms with Crippen LogP contribution in [-0.4, -0.2) is 46.7 Å². The van der Waals surface area contributed by atoms with E-state index in [4.69, 9.17) is 0 Å². The van der Waals surface area contributed by atoms with Crippen molar-refractivity contribution in [2.24, 2.45) is 0 Å². The topological polar surface area (TPSA) is 57.7 Å². The van der Waals surface area contributed by atoms with E-state index in [1.165, 1.54) is 4.90 Å². The molecule has 1 atom stereocenters. The van der Waals surface area contributed by atoms with E-state index in [-0.39, 0.29) is 23.8 Å². The van der Waals surface area contributed by atoms with Crippen LogP contribution in [0, 0.1) is 0 Å². The minimum Gasteiger partial charge on any atom is -0.336 e. The molecule has 2 heterocycles. The molecule has 1 saturated heterocycles.